The van der Waals surface area contributed by atoms with E-state index in [0.717, 1.165) is 29.9 Å². The molecule has 11 heteroatoms. The van der Waals surface area contributed by atoms with E-state index in [1.54, 1.807) is 29.2 Å². The molecule has 3 aliphatic rings. The number of rotatable bonds is 9. The molecule has 2 atom stereocenters. The molecule has 0 spiro atoms. The van der Waals surface area contributed by atoms with Crippen LogP contribution in [0.4, 0.5) is 15.9 Å². The summed E-state index contributed by atoms with van der Waals surface area (Å²) in [5.74, 6) is 0.247. The highest BCUT2D eigenvalue weighted by Crippen LogP contribution is 2.38. The number of piperazine rings is 1. The number of aromatic nitrogens is 2. The van der Waals surface area contributed by atoms with Crippen molar-refractivity contribution in [3.8, 4) is 11.8 Å². The number of phenols is 1. The monoisotopic (exact) mass is 586 g/mol. The van der Waals surface area contributed by atoms with E-state index in [9.17, 15) is 9.90 Å². The predicted molar refractivity (Wildman–Crippen MR) is 161 cm³/mol. The second kappa shape index (κ2) is 12.1. The molecule has 6 rings (SSSR count). The summed E-state index contributed by atoms with van der Waals surface area (Å²) in [6, 6.07) is 7.92. The molecule has 0 radical (unpaired) electrons. The van der Waals surface area contributed by atoms with Crippen molar-refractivity contribution in [2.45, 2.75) is 51.0 Å². The summed E-state index contributed by atoms with van der Waals surface area (Å²) < 4.78 is 27.1. The number of hydrogen-bond donors (Lipinski definition) is 1. The van der Waals surface area contributed by atoms with Gasteiger partial charge in [-0.3, -0.25) is 4.79 Å². The van der Waals surface area contributed by atoms with E-state index in [1.807, 2.05) is 11.8 Å². The van der Waals surface area contributed by atoms with E-state index in [-0.39, 0.29) is 42.2 Å². The molecule has 1 aliphatic carbocycles. The van der Waals surface area contributed by atoms with Gasteiger partial charge >= 0.3 is 6.01 Å². The second-order valence-corrected chi connectivity index (χ2v) is 11.4. The van der Waals surface area contributed by atoms with Crippen LogP contribution in [0.1, 0.15) is 31.0 Å². The Hall–Kier alpha value is -4.43. The number of anilines is 2. The van der Waals surface area contributed by atoms with E-state index >= 15 is 4.39 Å². The fourth-order valence-electron chi connectivity index (χ4n) is 5.94. The van der Waals surface area contributed by atoms with Gasteiger partial charge in [-0.25, -0.2) is 11.0 Å². The largest absolute Gasteiger partial charge is 0.508 e. The molecule has 10 nitrogen and oxygen atoms in total. The Balaban J connectivity index is 1.34. The van der Waals surface area contributed by atoms with Gasteiger partial charge in [0.25, 0.3) is 0 Å². The van der Waals surface area contributed by atoms with E-state index in [2.05, 4.69) is 16.3 Å². The Morgan fingerprint density at radius 3 is 2.86 bits per heavy atom. The number of carbonyl (C=O) groups is 1. The number of nitrogens with zero attached hydrogens (tertiary/aromatic N) is 6. The first-order valence-corrected chi connectivity index (χ1v) is 14.7. The van der Waals surface area contributed by atoms with Crippen LogP contribution in [0.5, 0.6) is 11.8 Å². The molecule has 0 bridgehead atoms. The molecule has 43 heavy (non-hydrogen) atoms. The topological polar surface area (TPSA) is 95.6 Å². The number of benzene rings is 2. The zero-order valence-corrected chi connectivity index (χ0v) is 24.2. The van der Waals surface area contributed by atoms with Crippen molar-refractivity contribution in [2.75, 3.05) is 49.1 Å². The predicted octanol–water partition coefficient (Wildman–Crippen LogP) is 4.11. The smallest absolute Gasteiger partial charge is 0.319 e. The summed E-state index contributed by atoms with van der Waals surface area (Å²) >= 11 is 0. The number of hydrogen-bond acceptors (Lipinski definition) is 8. The number of fused-ring (bicyclic) bond motifs is 2. The minimum Gasteiger partial charge on any atom is -0.508 e. The molecule has 0 unspecified atom stereocenters. The normalized spacial score (nSPS) is 19.1. The number of phenolic OH excluding ortho intramolecular Hbond substituents is 1. The van der Waals surface area contributed by atoms with E-state index in [4.69, 9.17) is 26.0 Å². The highest BCUT2D eigenvalue weighted by atomic mass is 19.1. The van der Waals surface area contributed by atoms with Gasteiger partial charge in [0.1, 0.15) is 29.5 Å². The highest BCUT2D eigenvalue weighted by Gasteiger charge is 2.35. The van der Waals surface area contributed by atoms with E-state index in [0.29, 0.717) is 68.3 Å². The SMILES string of the molecule is [C-]#[N+]C[C@H]1CN(c2nc(O[C@@H](C)COC3CC3)nc3c2CCN(c2cc(O)cc4cccc(F)c24)C3)CCN1C(=O)C=C. The van der Waals surface area contributed by atoms with E-state index in [1.165, 1.54) is 12.1 Å². The minimum atomic E-state index is -0.354. The van der Waals surface area contributed by atoms with Crippen LogP contribution in [0, 0.1) is 12.4 Å². The number of halogens is 1. The highest BCUT2D eigenvalue weighted by molar-refractivity contribution is 5.96. The van der Waals surface area contributed by atoms with Gasteiger partial charge < -0.3 is 34.1 Å². The van der Waals surface area contributed by atoms with Crippen LogP contribution in [0.25, 0.3) is 15.6 Å². The quantitative estimate of drug-likeness (QED) is 0.296. The van der Waals surface area contributed by atoms with Gasteiger partial charge in [0.15, 0.2) is 0 Å². The summed E-state index contributed by atoms with van der Waals surface area (Å²) in [5.41, 5.74) is 2.31. The van der Waals surface area contributed by atoms with Crippen molar-refractivity contribution in [3.05, 3.63) is 71.5 Å². The first-order valence-electron chi connectivity index (χ1n) is 14.7. The van der Waals surface area contributed by atoms with Gasteiger partial charge in [0.05, 0.1) is 30.6 Å². The molecular weight excluding hydrogens is 551 g/mol. The van der Waals surface area contributed by atoms with Crippen molar-refractivity contribution in [3.63, 3.8) is 0 Å². The number of amides is 1. The first-order chi connectivity index (χ1) is 20.8. The maximum absolute atomic E-state index is 15.1. The number of aromatic hydroxyl groups is 1. The molecule has 1 saturated carbocycles. The molecule has 224 valence electrons. The van der Waals surface area contributed by atoms with Gasteiger partial charge in [-0.2, -0.15) is 9.97 Å². The Kier molecular flexibility index (Phi) is 8.04. The van der Waals surface area contributed by atoms with Crippen LogP contribution in [0.2, 0.25) is 0 Å². The molecule has 3 aromatic rings. The lowest BCUT2D eigenvalue weighted by atomic mass is 10.0. The van der Waals surface area contributed by atoms with Gasteiger partial charge in [-0.05, 0) is 49.8 Å². The maximum atomic E-state index is 15.1. The molecule has 2 fully saturated rings. The third-order valence-electron chi connectivity index (χ3n) is 8.19. The molecule has 1 N–H and O–H groups in total. The standard InChI is InChI=1S/C32H35FN6O4/c1-4-29(41)39-13-12-38(17-22(39)16-34-3)31-25-10-11-37(28-15-23(40)14-21-6-5-7-26(33)30(21)28)18-27(25)35-32(36-31)43-20(2)19-42-24-8-9-24/h4-7,14-15,20,22,24,40H,1,8-13,16-19H2,2H3/t20-,22-/m0/s1. The lowest BCUT2D eigenvalue weighted by Crippen LogP contribution is -2.56. The molecule has 1 saturated heterocycles. The average molecular weight is 587 g/mol. The van der Waals surface area contributed by atoms with Gasteiger partial charge in [0, 0.05) is 43.2 Å². The first kappa shape index (κ1) is 28.7. The van der Waals surface area contributed by atoms with Crippen molar-refractivity contribution < 1.29 is 23.8 Å². The van der Waals surface area contributed by atoms with Crippen LogP contribution in [-0.4, -0.2) is 83.5 Å². The summed E-state index contributed by atoms with van der Waals surface area (Å²) in [4.78, 5) is 31.6. The summed E-state index contributed by atoms with van der Waals surface area (Å²) in [6.07, 6.45) is 4.03. The molecule has 3 heterocycles. The molecular formula is C32H35FN6O4. The molecule has 1 amide bonds. The zero-order valence-electron chi connectivity index (χ0n) is 24.2. The van der Waals surface area contributed by atoms with Gasteiger partial charge in [0.2, 0.25) is 12.5 Å². The Morgan fingerprint density at radius 1 is 1.26 bits per heavy atom. The number of carbonyl (C=O) groups excluding carboxylic acids is 1. The van der Waals surface area contributed by atoms with Gasteiger partial charge in [-0.15, -0.1) is 0 Å². The van der Waals surface area contributed by atoms with Crippen LogP contribution < -0.4 is 14.5 Å². The molecule has 2 aromatic carbocycles. The zero-order chi connectivity index (χ0) is 30.1. The van der Waals surface area contributed by atoms with Crippen LogP contribution in [-0.2, 0) is 22.5 Å². The molecule has 1 aromatic heterocycles. The summed E-state index contributed by atoms with van der Waals surface area (Å²) in [7, 11) is 0. The number of ether oxygens (including phenoxy) is 2. The van der Waals surface area contributed by atoms with Crippen LogP contribution in [0.3, 0.4) is 0 Å². The van der Waals surface area contributed by atoms with Crippen molar-refractivity contribution in [2.24, 2.45) is 0 Å². The lowest BCUT2D eigenvalue weighted by Gasteiger charge is -2.41. The third kappa shape index (κ3) is 6.06. The van der Waals surface area contributed by atoms with Crippen molar-refractivity contribution in [1.82, 2.24) is 14.9 Å². The van der Waals surface area contributed by atoms with E-state index < -0.39 is 0 Å². The summed E-state index contributed by atoms with van der Waals surface area (Å²) in [5, 5.41) is 11.5. The summed E-state index contributed by atoms with van der Waals surface area (Å²) in [6.45, 7) is 15.9. The Morgan fingerprint density at radius 2 is 2.09 bits per heavy atom. The van der Waals surface area contributed by atoms with Crippen LogP contribution in [0.15, 0.2) is 43.0 Å². The second-order valence-electron chi connectivity index (χ2n) is 11.4. The lowest BCUT2D eigenvalue weighted by molar-refractivity contribution is -0.128. The maximum Gasteiger partial charge on any atom is 0.319 e. The Labute approximate surface area is 250 Å². The van der Waals surface area contributed by atoms with Crippen LogP contribution >= 0.6 is 0 Å². The van der Waals surface area contributed by atoms with Gasteiger partial charge in [-0.1, -0.05) is 18.7 Å². The molecule has 2 aliphatic heterocycles. The Bertz CT molecular complexity index is 1590. The third-order valence-corrected chi connectivity index (χ3v) is 8.19. The minimum absolute atomic E-state index is 0.0635. The van der Waals surface area contributed by atoms with Crippen molar-refractivity contribution in [1.29, 1.82) is 0 Å². The fourth-order valence-corrected chi connectivity index (χ4v) is 5.94. The fraction of sp³-hybridized carbons (Fsp3) is 0.438. The van der Waals surface area contributed by atoms with Crippen molar-refractivity contribution >= 4 is 28.2 Å². The average Bonchev–Trinajstić information content (AvgIpc) is 3.83.